The summed E-state index contributed by atoms with van der Waals surface area (Å²) in [5, 5.41) is 16.2. The van der Waals surface area contributed by atoms with Crippen molar-refractivity contribution < 1.29 is 19.1 Å². The van der Waals surface area contributed by atoms with Crippen molar-refractivity contribution in [2.24, 2.45) is 7.05 Å². The van der Waals surface area contributed by atoms with Crippen LogP contribution >= 0.6 is 0 Å². The van der Waals surface area contributed by atoms with Gasteiger partial charge in [-0.2, -0.15) is 0 Å². The molecule has 5 rings (SSSR count). The standard InChI is InChI=1S/C34H34FN5O4/c1-6-29(42)36-22-9-7-10-23(17-22)37-31-33(44)39(5)18-27(38-31)24-11-8-12-28(25(24)19-41)40-14-13-20-15-21(34(2,3)4)16-26(35)30(20)32(40)43/h6-12,15-18,41H,1,13-14,19H2,2-5H3,(H,36,42)(H,37,38). The van der Waals surface area contributed by atoms with Crippen LogP contribution < -0.4 is 21.1 Å². The maximum absolute atomic E-state index is 15.4. The van der Waals surface area contributed by atoms with E-state index in [-0.39, 0.29) is 22.7 Å². The van der Waals surface area contributed by atoms with Gasteiger partial charge in [0.05, 0.1) is 23.6 Å². The first-order valence-electron chi connectivity index (χ1n) is 14.2. The average Bonchev–Trinajstić information content (AvgIpc) is 2.98. The van der Waals surface area contributed by atoms with E-state index in [1.807, 2.05) is 26.8 Å². The first-order chi connectivity index (χ1) is 20.9. The molecule has 0 saturated heterocycles. The summed E-state index contributed by atoms with van der Waals surface area (Å²) in [6, 6.07) is 15.3. The second-order valence-electron chi connectivity index (χ2n) is 11.7. The normalized spacial score (nSPS) is 13.0. The lowest BCUT2D eigenvalue weighted by atomic mass is 9.83. The maximum atomic E-state index is 15.4. The first kappa shape index (κ1) is 30.4. The number of nitrogens with one attached hydrogen (secondary N) is 2. The molecule has 0 radical (unpaired) electrons. The minimum Gasteiger partial charge on any atom is -0.392 e. The van der Waals surface area contributed by atoms with E-state index in [2.05, 4.69) is 22.2 Å². The van der Waals surface area contributed by atoms with Crippen molar-refractivity contribution >= 4 is 34.7 Å². The molecule has 1 aliphatic heterocycles. The van der Waals surface area contributed by atoms with Crippen LogP contribution in [0.25, 0.3) is 11.3 Å². The molecule has 9 nitrogen and oxygen atoms in total. The van der Waals surface area contributed by atoms with Crippen molar-refractivity contribution in [2.45, 2.75) is 39.2 Å². The molecular weight excluding hydrogens is 561 g/mol. The van der Waals surface area contributed by atoms with Crippen molar-refractivity contribution in [1.82, 2.24) is 9.55 Å². The van der Waals surface area contributed by atoms with Crippen molar-refractivity contribution in [3.8, 4) is 11.3 Å². The summed E-state index contributed by atoms with van der Waals surface area (Å²) < 4.78 is 16.7. The molecule has 4 aromatic rings. The third-order valence-electron chi connectivity index (χ3n) is 7.63. The van der Waals surface area contributed by atoms with Crippen LogP contribution in [0.15, 0.2) is 78.2 Å². The fourth-order valence-corrected chi connectivity index (χ4v) is 5.29. The molecule has 2 amide bonds. The third-order valence-corrected chi connectivity index (χ3v) is 7.63. The Hall–Kier alpha value is -5.09. The zero-order valence-corrected chi connectivity index (χ0v) is 25.1. The van der Waals surface area contributed by atoms with Gasteiger partial charge in [-0.05, 0) is 59.4 Å². The number of aliphatic hydroxyl groups is 1. The number of carbonyl (C=O) groups excluding carboxylic acids is 2. The first-order valence-corrected chi connectivity index (χ1v) is 14.2. The van der Waals surface area contributed by atoms with E-state index in [1.54, 1.807) is 55.7 Å². The molecule has 226 valence electrons. The highest BCUT2D eigenvalue weighted by Gasteiger charge is 2.32. The largest absolute Gasteiger partial charge is 0.392 e. The maximum Gasteiger partial charge on any atom is 0.293 e. The predicted molar refractivity (Wildman–Crippen MR) is 170 cm³/mol. The Kier molecular flexibility index (Phi) is 8.21. The molecule has 44 heavy (non-hydrogen) atoms. The van der Waals surface area contributed by atoms with Crippen LogP contribution in [0.5, 0.6) is 0 Å². The monoisotopic (exact) mass is 595 g/mol. The number of carbonyl (C=O) groups is 2. The summed E-state index contributed by atoms with van der Waals surface area (Å²) in [5.74, 6) is -1.39. The van der Waals surface area contributed by atoms with Gasteiger partial charge in [0.2, 0.25) is 5.91 Å². The molecule has 0 atom stereocenters. The Morgan fingerprint density at radius 1 is 1.11 bits per heavy atom. The highest BCUT2D eigenvalue weighted by Crippen LogP contribution is 2.36. The molecule has 0 saturated carbocycles. The van der Waals surface area contributed by atoms with E-state index in [0.717, 1.165) is 11.6 Å². The molecule has 1 aliphatic rings. The van der Waals surface area contributed by atoms with E-state index in [1.165, 1.54) is 15.5 Å². The van der Waals surface area contributed by atoms with Crippen molar-refractivity contribution in [3.05, 3.63) is 112 Å². The number of hydrogen-bond acceptors (Lipinski definition) is 6. The van der Waals surface area contributed by atoms with E-state index >= 15 is 4.39 Å². The van der Waals surface area contributed by atoms with E-state index in [0.29, 0.717) is 52.4 Å². The number of aryl methyl sites for hydroxylation is 1. The predicted octanol–water partition coefficient (Wildman–Crippen LogP) is 5.45. The minimum atomic E-state index is -0.563. The Morgan fingerprint density at radius 3 is 2.55 bits per heavy atom. The quantitative estimate of drug-likeness (QED) is 0.245. The molecule has 0 fully saturated rings. The van der Waals surface area contributed by atoms with Crippen LogP contribution in [0.1, 0.15) is 47.8 Å². The smallest absolute Gasteiger partial charge is 0.293 e. The fraction of sp³-hybridized carbons (Fsp3) is 0.235. The zero-order valence-electron chi connectivity index (χ0n) is 25.1. The van der Waals surface area contributed by atoms with Gasteiger partial charge in [0.25, 0.3) is 11.5 Å². The Labute approximate surface area is 254 Å². The highest BCUT2D eigenvalue weighted by atomic mass is 19.1. The van der Waals surface area contributed by atoms with E-state index in [9.17, 15) is 19.5 Å². The van der Waals surface area contributed by atoms with Gasteiger partial charge in [0.15, 0.2) is 5.82 Å². The summed E-state index contributed by atoms with van der Waals surface area (Å²) in [5.41, 5.74) is 3.63. The van der Waals surface area contributed by atoms with Crippen LogP contribution in [0.4, 0.5) is 27.3 Å². The number of aliphatic hydroxyl groups excluding tert-OH is 1. The third kappa shape index (κ3) is 5.89. The summed E-state index contributed by atoms with van der Waals surface area (Å²) in [7, 11) is 1.58. The summed E-state index contributed by atoms with van der Waals surface area (Å²) in [6.45, 7) is 9.33. The van der Waals surface area contributed by atoms with Gasteiger partial charge in [-0.25, -0.2) is 9.37 Å². The molecule has 1 aromatic heterocycles. The molecule has 2 heterocycles. The molecule has 3 aromatic carbocycles. The van der Waals surface area contributed by atoms with Crippen LogP contribution in [-0.4, -0.2) is 33.0 Å². The van der Waals surface area contributed by atoms with E-state index in [4.69, 9.17) is 0 Å². The number of halogens is 1. The number of fused-ring (bicyclic) bond motifs is 1. The van der Waals surface area contributed by atoms with Gasteiger partial charge in [0.1, 0.15) is 5.82 Å². The van der Waals surface area contributed by atoms with Gasteiger partial charge in [0, 0.05) is 42.3 Å². The molecular formula is C34H34FN5O4. The second kappa shape index (κ2) is 11.9. The topological polar surface area (TPSA) is 117 Å². The number of hydrogen-bond donors (Lipinski definition) is 3. The van der Waals surface area contributed by atoms with Crippen LogP contribution in [0.2, 0.25) is 0 Å². The number of nitrogens with zero attached hydrogens (tertiary/aromatic N) is 3. The Morgan fingerprint density at radius 2 is 1.84 bits per heavy atom. The zero-order chi connectivity index (χ0) is 31.8. The lowest BCUT2D eigenvalue weighted by molar-refractivity contribution is -0.111. The van der Waals surface area contributed by atoms with E-state index < -0.39 is 23.9 Å². The summed E-state index contributed by atoms with van der Waals surface area (Å²) >= 11 is 0. The SMILES string of the molecule is C=CC(=O)Nc1cccc(Nc2nc(-c3cccc(N4CCc5cc(C(C)(C)C)cc(F)c5C4=O)c3CO)cn(C)c2=O)c1. The van der Waals surface area contributed by atoms with Gasteiger partial charge >= 0.3 is 0 Å². The van der Waals surface area contributed by atoms with Gasteiger partial charge < -0.3 is 25.2 Å². The van der Waals surface area contributed by atoms with Crippen LogP contribution in [-0.2, 0) is 30.3 Å². The number of anilines is 4. The summed E-state index contributed by atoms with van der Waals surface area (Å²) in [4.78, 5) is 44.5. The highest BCUT2D eigenvalue weighted by molar-refractivity contribution is 6.09. The van der Waals surface area contributed by atoms with Gasteiger partial charge in [-0.3, -0.25) is 14.4 Å². The Balaban J connectivity index is 1.52. The summed E-state index contributed by atoms with van der Waals surface area (Å²) in [6.07, 6.45) is 3.16. The van der Waals surface area contributed by atoms with Crippen LogP contribution in [0, 0.1) is 5.82 Å². The lowest BCUT2D eigenvalue weighted by Gasteiger charge is -2.32. The number of aromatic nitrogens is 2. The average molecular weight is 596 g/mol. The lowest BCUT2D eigenvalue weighted by Crippen LogP contribution is -2.39. The van der Waals surface area contributed by atoms with Crippen molar-refractivity contribution in [3.63, 3.8) is 0 Å². The van der Waals surface area contributed by atoms with Crippen LogP contribution in [0.3, 0.4) is 0 Å². The molecule has 3 N–H and O–H groups in total. The molecule has 0 unspecified atom stereocenters. The van der Waals surface area contributed by atoms with Crippen molar-refractivity contribution in [1.29, 1.82) is 0 Å². The molecule has 0 aliphatic carbocycles. The number of rotatable bonds is 7. The second-order valence-corrected chi connectivity index (χ2v) is 11.7. The molecule has 0 bridgehead atoms. The fourth-order valence-electron chi connectivity index (χ4n) is 5.29. The minimum absolute atomic E-state index is 0.0196. The number of amides is 2. The van der Waals surface area contributed by atoms with Crippen molar-refractivity contribution in [2.75, 3.05) is 22.1 Å². The molecule has 10 heteroatoms. The van der Waals surface area contributed by atoms with Gasteiger partial charge in [-0.15, -0.1) is 0 Å². The number of benzene rings is 3. The Bertz CT molecular complexity index is 1860. The van der Waals surface area contributed by atoms with Gasteiger partial charge in [-0.1, -0.05) is 51.6 Å². The molecule has 0 spiro atoms.